The lowest BCUT2D eigenvalue weighted by Crippen LogP contribution is -2.27. The molecule has 0 fully saturated rings. The van der Waals surface area contributed by atoms with E-state index in [0.717, 1.165) is 24.2 Å². The second-order valence-electron chi connectivity index (χ2n) is 5.13. The summed E-state index contributed by atoms with van der Waals surface area (Å²) in [5.74, 6) is 0. The van der Waals surface area contributed by atoms with Crippen LogP contribution in [0.25, 0.3) is 0 Å². The fourth-order valence-electron chi connectivity index (χ4n) is 2.70. The smallest absolute Gasteiger partial charge is 0.0603 e. The van der Waals surface area contributed by atoms with Gasteiger partial charge in [0.05, 0.1) is 11.4 Å². The lowest BCUT2D eigenvalue weighted by Gasteiger charge is -2.27. The van der Waals surface area contributed by atoms with Gasteiger partial charge in [-0.3, -0.25) is 4.98 Å². The van der Waals surface area contributed by atoms with Gasteiger partial charge in [0, 0.05) is 16.7 Å². The third kappa shape index (κ3) is 2.81. The molecule has 1 aliphatic rings. The highest BCUT2D eigenvalue weighted by molar-refractivity contribution is 9.10. The van der Waals surface area contributed by atoms with Crippen LogP contribution in [-0.4, -0.2) is 11.0 Å². The van der Waals surface area contributed by atoms with Gasteiger partial charge in [-0.1, -0.05) is 22.0 Å². The molecule has 1 aromatic carbocycles. The summed E-state index contributed by atoms with van der Waals surface area (Å²) in [5, 5.41) is 3.63. The van der Waals surface area contributed by atoms with Gasteiger partial charge in [-0.15, -0.1) is 0 Å². The SMILES string of the molecule is Cc1ncccc1NC1CCc2cc(Br)ccc2C1. The summed E-state index contributed by atoms with van der Waals surface area (Å²) in [4.78, 5) is 4.33. The summed E-state index contributed by atoms with van der Waals surface area (Å²) >= 11 is 3.54. The van der Waals surface area contributed by atoms with E-state index in [1.807, 2.05) is 12.3 Å². The Morgan fingerprint density at radius 2 is 2.16 bits per heavy atom. The van der Waals surface area contributed by atoms with Gasteiger partial charge < -0.3 is 5.32 Å². The average molecular weight is 317 g/mol. The summed E-state index contributed by atoms with van der Waals surface area (Å²) in [5.41, 5.74) is 5.18. The molecule has 0 bridgehead atoms. The van der Waals surface area contributed by atoms with Crippen LogP contribution in [0.5, 0.6) is 0 Å². The van der Waals surface area contributed by atoms with Crippen molar-refractivity contribution < 1.29 is 0 Å². The number of rotatable bonds is 2. The number of fused-ring (bicyclic) bond motifs is 1. The molecule has 0 saturated carbocycles. The van der Waals surface area contributed by atoms with Crippen LogP contribution in [0.2, 0.25) is 0 Å². The summed E-state index contributed by atoms with van der Waals surface area (Å²) < 4.78 is 1.18. The predicted molar refractivity (Wildman–Crippen MR) is 82.6 cm³/mol. The third-order valence-electron chi connectivity index (χ3n) is 3.76. The normalized spacial score (nSPS) is 17.9. The zero-order valence-electron chi connectivity index (χ0n) is 11.0. The van der Waals surface area contributed by atoms with E-state index in [1.165, 1.54) is 22.0 Å². The van der Waals surface area contributed by atoms with Crippen molar-refractivity contribution in [3.8, 4) is 0 Å². The second kappa shape index (κ2) is 5.33. The van der Waals surface area contributed by atoms with Crippen molar-refractivity contribution >= 4 is 21.6 Å². The van der Waals surface area contributed by atoms with E-state index >= 15 is 0 Å². The third-order valence-corrected chi connectivity index (χ3v) is 4.26. The molecule has 98 valence electrons. The minimum atomic E-state index is 0.511. The Labute approximate surface area is 122 Å². The maximum atomic E-state index is 4.33. The van der Waals surface area contributed by atoms with Gasteiger partial charge in [0.15, 0.2) is 0 Å². The van der Waals surface area contributed by atoms with Crippen molar-refractivity contribution in [1.82, 2.24) is 4.98 Å². The zero-order chi connectivity index (χ0) is 13.2. The van der Waals surface area contributed by atoms with Gasteiger partial charge in [0.2, 0.25) is 0 Å². The lowest BCUT2D eigenvalue weighted by atomic mass is 9.88. The van der Waals surface area contributed by atoms with Crippen LogP contribution in [0.4, 0.5) is 5.69 Å². The number of hydrogen-bond acceptors (Lipinski definition) is 2. The first-order valence-electron chi connectivity index (χ1n) is 6.68. The number of benzene rings is 1. The van der Waals surface area contributed by atoms with Gasteiger partial charge in [-0.05, 0) is 61.6 Å². The topological polar surface area (TPSA) is 24.9 Å². The molecular weight excluding hydrogens is 300 g/mol. The maximum absolute atomic E-state index is 4.33. The van der Waals surface area contributed by atoms with Crippen molar-refractivity contribution in [2.75, 3.05) is 5.32 Å². The number of hydrogen-bond donors (Lipinski definition) is 1. The van der Waals surface area contributed by atoms with Crippen molar-refractivity contribution in [3.63, 3.8) is 0 Å². The Hall–Kier alpha value is -1.35. The van der Waals surface area contributed by atoms with E-state index < -0.39 is 0 Å². The van der Waals surface area contributed by atoms with Gasteiger partial charge in [-0.25, -0.2) is 0 Å². The molecule has 0 saturated heterocycles. The molecule has 3 rings (SSSR count). The summed E-state index contributed by atoms with van der Waals surface area (Å²) in [6.07, 6.45) is 5.26. The highest BCUT2D eigenvalue weighted by Gasteiger charge is 2.19. The van der Waals surface area contributed by atoms with Crippen molar-refractivity contribution in [3.05, 3.63) is 57.8 Å². The largest absolute Gasteiger partial charge is 0.381 e. The molecule has 19 heavy (non-hydrogen) atoms. The van der Waals surface area contributed by atoms with Crippen LogP contribution < -0.4 is 5.32 Å². The van der Waals surface area contributed by atoms with E-state index in [-0.39, 0.29) is 0 Å². The molecule has 1 heterocycles. The molecule has 3 heteroatoms. The molecule has 0 radical (unpaired) electrons. The molecular formula is C16H17BrN2. The minimum absolute atomic E-state index is 0.511. The molecule has 2 nitrogen and oxygen atoms in total. The first kappa shape index (κ1) is 12.7. The number of aromatic nitrogens is 1. The number of nitrogens with one attached hydrogen (secondary N) is 1. The van der Waals surface area contributed by atoms with E-state index in [0.29, 0.717) is 6.04 Å². The van der Waals surface area contributed by atoms with Gasteiger partial charge in [0.1, 0.15) is 0 Å². The van der Waals surface area contributed by atoms with E-state index in [4.69, 9.17) is 0 Å². The van der Waals surface area contributed by atoms with Crippen molar-refractivity contribution in [2.45, 2.75) is 32.2 Å². The van der Waals surface area contributed by atoms with Crippen molar-refractivity contribution in [1.29, 1.82) is 0 Å². The number of pyridine rings is 1. The van der Waals surface area contributed by atoms with Crippen molar-refractivity contribution in [2.24, 2.45) is 0 Å². The van der Waals surface area contributed by atoms with Crippen LogP contribution in [0.1, 0.15) is 23.2 Å². The molecule has 1 atom stereocenters. The lowest BCUT2D eigenvalue weighted by molar-refractivity contribution is 0.610. The highest BCUT2D eigenvalue weighted by atomic mass is 79.9. The fourth-order valence-corrected chi connectivity index (χ4v) is 3.11. The highest BCUT2D eigenvalue weighted by Crippen LogP contribution is 2.26. The Morgan fingerprint density at radius 3 is 3.00 bits per heavy atom. The standard InChI is InChI=1S/C16H17BrN2/c1-11-16(3-2-8-18-11)19-15-7-5-12-9-14(17)6-4-13(12)10-15/h2-4,6,8-9,15,19H,5,7,10H2,1H3. The van der Waals surface area contributed by atoms with Gasteiger partial charge in [-0.2, -0.15) is 0 Å². The number of halogens is 1. The first-order valence-corrected chi connectivity index (χ1v) is 7.47. The van der Waals surface area contributed by atoms with E-state index in [1.54, 1.807) is 0 Å². The Kier molecular flexibility index (Phi) is 3.56. The maximum Gasteiger partial charge on any atom is 0.0603 e. The van der Waals surface area contributed by atoms with Gasteiger partial charge >= 0.3 is 0 Å². The first-order chi connectivity index (χ1) is 9.22. The summed E-state index contributed by atoms with van der Waals surface area (Å²) in [6.45, 7) is 2.05. The van der Waals surface area contributed by atoms with Gasteiger partial charge in [0.25, 0.3) is 0 Å². The van der Waals surface area contributed by atoms with E-state index in [2.05, 4.69) is 57.4 Å². The summed E-state index contributed by atoms with van der Waals surface area (Å²) in [7, 11) is 0. The minimum Gasteiger partial charge on any atom is -0.381 e. The number of anilines is 1. The molecule has 0 amide bonds. The molecule has 1 aliphatic carbocycles. The molecule has 0 aliphatic heterocycles. The van der Waals surface area contributed by atoms with Crippen LogP contribution in [-0.2, 0) is 12.8 Å². The predicted octanol–water partition coefficient (Wildman–Crippen LogP) is 4.12. The zero-order valence-corrected chi connectivity index (χ0v) is 12.6. The van der Waals surface area contributed by atoms with E-state index in [9.17, 15) is 0 Å². The molecule has 1 unspecified atom stereocenters. The second-order valence-corrected chi connectivity index (χ2v) is 6.05. The average Bonchev–Trinajstić information content (AvgIpc) is 2.41. The molecule has 1 N–H and O–H groups in total. The number of nitrogens with zero attached hydrogens (tertiary/aromatic N) is 1. The fraction of sp³-hybridized carbons (Fsp3) is 0.312. The van der Waals surface area contributed by atoms with Crippen LogP contribution in [0.3, 0.4) is 0 Å². The molecule has 1 aromatic heterocycles. The van der Waals surface area contributed by atoms with Crippen LogP contribution >= 0.6 is 15.9 Å². The molecule has 2 aromatic rings. The Balaban J connectivity index is 1.76. The Morgan fingerprint density at radius 1 is 1.26 bits per heavy atom. The van der Waals surface area contributed by atoms with Crippen LogP contribution in [0.15, 0.2) is 41.0 Å². The van der Waals surface area contributed by atoms with Crippen LogP contribution in [0, 0.1) is 6.92 Å². The monoisotopic (exact) mass is 316 g/mol. The number of aryl methyl sites for hydroxylation is 2. The quantitative estimate of drug-likeness (QED) is 0.901. The summed E-state index contributed by atoms with van der Waals surface area (Å²) in [6, 6.07) is 11.2. The Bertz CT molecular complexity index is 595. The molecule has 0 spiro atoms.